The van der Waals surface area contributed by atoms with E-state index in [-0.39, 0.29) is 5.91 Å². The van der Waals surface area contributed by atoms with E-state index >= 15 is 0 Å². The Labute approximate surface area is 85.9 Å². The van der Waals surface area contributed by atoms with Gasteiger partial charge in [0.1, 0.15) is 0 Å². The number of carbonyl (C=O) groups is 1. The number of rotatable bonds is 7. The molecule has 1 atom stereocenters. The molecule has 0 aliphatic rings. The molecular formula is C10H21NOS. The van der Waals surface area contributed by atoms with Gasteiger partial charge in [0.2, 0.25) is 5.91 Å². The molecule has 78 valence electrons. The first-order valence-electron chi connectivity index (χ1n) is 5.07. The van der Waals surface area contributed by atoms with Crippen molar-refractivity contribution in [3.63, 3.8) is 0 Å². The second-order valence-electron chi connectivity index (χ2n) is 3.28. The number of nitrogens with one attached hydrogen (secondary N) is 1. The van der Waals surface area contributed by atoms with Crippen LogP contribution in [0.15, 0.2) is 0 Å². The minimum atomic E-state index is 0.176. The monoisotopic (exact) mass is 203 g/mol. The van der Waals surface area contributed by atoms with E-state index in [1.54, 1.807) is 11.8 Å². The van der Waals surface area contributed by atoms with Crippen molar-refractivity contribution in [1.82, 2.24) is 5.32 Å². The van der Waals surface area contributed by atoms with Gasteiger partial charge in [0.05, 0.1) is 5.75 Å². The number of hydrogen-bond donors (Lipinski definition) is 1. The van der Waals surface area contributed by atoms with Gasteiger partial charge in [-0.05, 0) is 25.5 Å². The van der Waals surface area contributed by atoms with Crippen LogP contribution in [0.25, 0.3) is 0 Å². The molecule has 0 aromatic carbocycles. The van der Waals surface area contributed by atoms with E-state index in [2.05, 4.69) is 19.2 Å². The second kappa shape index (κ2) is 8.42. The molecule has 2 nitrogen and oxygen atoms in total. The van der Waals surface area contributed by atoms with Crippen LogP contribution in [-0.2, 0) is 4.79 Å². The number of unbranched alkanes of at least 4 members (excludes halogenated alkanes) is 1. The van der Waals surface area contributed by atoms with Gasteiger partial charge in [-0.2, -0.15) is 11.8 Å². The Balaban J connectivity index is 3.30. The Kier molecular flexibility index (Phi) is 8.30. The second-order valence-corrected chi connectivity index (χ2v) is 4.39. The molecule has 1 amide bonds. The normalized spacial score (nSPS) is 12.5. The van der Waals surface area contributed by atoms with Crippen molar-refractivity contribution in [3.8, 4) is 0 Å². The van der Waals surface area contributed by atoms with Crippen molar-refractivity contribution in [3.05, 3.63) is 0 Å². The first-order valence-corrected chi connectivity index (χ1v) is 6.23. The minimum Gasteiger partial charge on any atom is -0.353 e. The molecule has 0 aromatic heterocycles. The highest BCUT2D eigenvalue weighted by molar-refractivity contribution is 7.99. The fraction of sp³-hybridized carbons (Fsp3) is 0.900. The molecule has 0 heterocycles. The zero-order chi connectivity index (χ0) is 10.1. The molecule has 0 spiro atoms. The first kappa shape index (κ1) is 12.8. The van der Waals surface area contributed by atoms with E-state index in [0.29, 0.717) is 11.8 Å². The molecule has 0 fully saturated rings. The summed E-state index contributed by atoms with van der Waals surface area (Å²) in [5.41, 5.74) is 0. The molecule has 1 unspecified atom stereocenters. The number of hydrogen-bond acceptors (Lipinski definition) is 2. The summed E-state index contributed by atoms with van der Waals surface area (Å²) >= 11 is 1.73. The van der Waals surface area contributed by atoms with Crippen molar-refractivity contribution >= 4 is 17.7 Å². The third kappa shape index (κ3) is 8.16. The van der Waals surface area contributed by atoms with Crippen LogP contribution in [0.1, 0.15) is 40.0 Å². The lowest BCUT2D eigenvalue weighted by Crippen LogP contribution is -2.33. The predicted molar refractivity (Wildman–Crippen MR) is 60.1 cm³/mol. The summed E-state index contributed by atoms with van der Waals surface area (Å²) in [5, 5.41) is 2.95. The Morgan fingerprint density at radius 3 is 2.69 bits per heavy atom. The molecule has 13 heavy (non-hydrogen) atoms. The molecule has 0 aromatic rings. The van der Waals surface area contributed by atoms with Crippen molar-refractivity contribution in [2.24, 2.45) is 0 Å². The van der Waals surface area contributed by atoms with Gasteiger partial charge in [0, 0.05) is 6.04 Å². The highest BCUT2D eigenvalue weighted by atomic mass is 32.2. The van der Waals surface area contributed by atoms with Crippen LogP contribution < -0.4 is 5.32 Å². The Morgan fingerprint density at radius 1 is 1.46 bits per heavy atom. The van der Waals surface area contributed by atoms with Gasteiger partial charge in [-0.3, -0.25) is 4.79 Å². The minimum absolute atomic E-state index is 0.176. The molecule has 0 aliphatic heterocycles. The van der Waals surface area contributed by atoms with E-state index in [0.717, 1.165) is 12.2 Å². The van der Waals surface area contributed by atoms with E-state index in [9.17, 15) is 4.79 Å². The standard InChI is InChI=1S/C10H21NOS/c1-4-6-7-13-8-10(12)11-9(3)5-2/h9H,4-8H2,1-3H3,(H,11,12). The summed E-state index contributed by atoms with van der Waals surface area (Å²) in [7, 11) is 0. The fourth-order valence-electron chi connectivity index (χ4n) is 0.830. The molecule has 3 heteroatoms. The van der Waals surface area contributed by atoms with Crippen molar-refractivity contribution in [1.29, 1.82) is 0 Å². The lowest BCUT2D eigenvalue weighted by atomic mass is 10.3. The topological polar surface area (TPSA) is 29.1 Å². The maximum atomic E-state index is 11.2. The molecular weight excluding hydrogens is 182 g/mol. The van der Waals surface area contributed by atoms with Crippen LogP contribution in [0.3, 0.4) is 0 Å². The van der Waals surface area contributed by atoms with Gasteiger partial charge in [-0.15, -0.1) is 0 Å². The largest absolute Gasteiger partial charge is 0.353 e. The quantitative estimate of drug-likeness (QED) is 0.644. The third-order valence-corrected chi connectivity index (χ3v) is 2.94. The van der Waals surface area contributed by atoms with Crippen LogP contribution in [-0.4, -0.2) is 23.5 Å². The molecule has 1 N–H and O–H groups in total. The highest BCUT2D eigenvalue weighted by Gasteiger charge is 2.04. The molecule has 0 bridgehead atoms. The van der Waals surface area contributed by atoms with E-state index in [4.69, 9.17) is 0 Å². The van der Waals surface area contributed by atoms with Gasteiger partial charge in [-0.25, -0.2) is 0 Å². The molecule has 0 radical (unpaired) electrons. The maximum absolute atomic E-state index is 11.2. The van der Waals surface area contributed by atoms with E-state index in [1.165, 1.54) is 12.8 Å². The summed E-state index contributed by atoms with van der Waals surface area (Å²) in [6.07, 6.45) is 3.42. The lowest BCUT2D eigenvalue weighted by molar-refractivity contribution is -0.119. The lowest BCUT2D eigenvalue weighted by Gasteiger charge is -2.10. The molecule has 0 rings (SSSR count). The fourth-order valence-corrected chi connectivity index (χ4v) is 1.74. The average Bonchev–Trinajstić information content (AvgIpc) is 2.12. The number of thioether (sulfide) groups is 1. The molecule has 0 saturated carbocycles. The van der Waals surface area contributed by atoms with Gasteiger partial charge in [0.25, 0.3) is 0 Å². The summed E-state index contributed by atoms with van der Waals surface area (Å²) < 4.78 is 0. The van der Waals surface area contributed by atoms with Crippen LogP contribution in [0, 0.1) is 0 Å². The Hall–Kier alpha value is -0.180. The van der Waals surface area contributed by atoms with Gasteiger partial charge < -0.3 is 5.32 Å². The summed E-state index contributed by atoms with van der Waals surface area (Å²) in [4.78, 5) is 11.2. The van der Waals surface area contributed by atoms with Gasteiger partial charge in [0.15, 0.2) is 0 Å². The highest BCUT2D eigenvalue weighted by Crippen LogP contribution is 2.03. The first-order chi connectivity index (χ1) is 6.20. The maximum Gasteiger partial charge on any atom is 0.230 e. The Bertz CT molecular complexity index is 139. The zero-order valence-corrected chi connectivity index (χ0v) is 9.75. The van der Waals surface area contributed by atoms with Crippen LogP contribution in [0.4, 0.5) is 0 Å². The van der Waals surface area contributed by atoms with E-state index in [1.807, 2.05) is 6.92 Å². The number of carbonyl (C=O) groups excluding carboxylic acids is 1. The SMILES string of the molecule is CCCCSCC(=O)NC(C)CC. The van der Waals surface area contributed by atoms with Crippen molar-refractivity contribution < 1.29 is 4.79 Å². The smallest absolute Gasteiger partial charge is 0.230 e. The van der Waals surface area contributed by atoms with Crippen LogP contribution in [0.5, 0.6) is 0 Å². The zero-order valence-electron chi connectivity index (χ0n) is 8.93. The predicted octanol–water partition coefficient (Wildman–Crippen LogP) is 2.43. The average molecular weight is 203 g/mol. The van der Waals surface area contributed by atoms with Gasteiger partial charge >= 0.3 is 0 Å². The summed E-state index contributed by atoms with van der Waals surface area (Å²) in [5.74, 6) is 1.89. The Morgan fingerprint density at radius 2 is 2.15 bits per heavy atom. The summed E-state index contributed by atoms with van der Waals surface area (Å²) in [6, 6.07) is 0.319. The van der Waals surface area contributed by atoms with Crippen LogP contribution in [0.2, 0.25) is 0 Å². The number of amides is 1. The van der Waals surface area contributed by atoms with Crippen molar-refractivity contribution in [2.75, 3.05) is 11.5 Å². The third-order valence-electron chi connectivity index (χ3n) is 1.90. The summed E-state index contributed by atoms with van der Waals surface area (Å²) in [6.45, 7) is 6.28. The van der Waals surface area contributed by atoms with Gasteiger partial charge in [-0.1, -0.05) is 20.3 Å². The van der Waals surface area contributed by atoms with Crippen molar-refractivity contribution in [2.45, 2.75) is 46.1 Å². The van der Waals surface area contributed by atoms with E-state index < -0.39 is 0 Å². The molecule has 0 aliphatic carbocycles. The van der Waals surface area contributed by atoms with Crippen LogP contribution >= 0.6 is 11.8 Å². The molecule has 0 saturated heterocycles.